The third kappa shape index (κ3) is 4.13. The summed E-state index contributed by atoms with van der Waals surface area (Å²) in [6.45, 7) is 9.36. The van der Waals surface area contributed by atoms with E-state index in [0.29, 0.717) is 38.4 Å². The Morgan fingerprint density at radius 3 is 2.67 bits per heavy atom. The van der Waals surface area contributed by atoms with Crippen LogP contribution in [0.5, 0.6) is 0 Å². The molecular formula is C21H29N5O4. The first-order valence-electron chi connectivity index (χ1n) is 10.3. The Bertz CT molecular complexity index is 956. The number of rotatable bonds is 3. The lowest BCUT2D eigenvalue weighted by atomic mass is 10.0. The summed E-state index contributed by atoms with van der Waals surface area (Å²) in [5.74, 6) is 0. The van der Waals surface area contributed by atoms with E-state index >= 15 is 0 Å². The molecule has 0 saturated carbocycles. The summed E-state index contributed by atoms with van der Waals surface area (Å²) < 4.78 is 12.7. The minimum absolute atomic E-state index is 0.172. The third-order valence-electron chi connectivity index (χ3n) is 5.24. The zero-order valence-corrected chi connectivity index (χ0v) is 17.8. The van der Waals surface area contributed by atoms with Gasteiger partial charge in [-0.1, -0.05) is 6.08 Å². The molecule has 30 heavy (non-hydrogen) atoms. The maximum absolute atomic E-state index is 12.4. The Morgan fingerprint density at radius 1 is 1.27 bits per heavy atom. The van der Waals surface area contributed by atoms with Gasteiger partial charge in [-0.2, -0.15) is 5.10 Å². The summed E-state index contributed by atoms with van der Waals surface area (Å²) in [6.07, 6.45) is 4.09. The van der Waals surface area contributed by atoms with Gasteiger partial charge >= 0.3 is 6.09 Å². The molecule has 1 fully saturated rings. The summed E-state index contributed by atoms with van der Waals surface area (Å²) in [6, 6.07) is 1.96. The molecule has 1 N–H and O–H groups in total. The second-order valence-electron chi connectivity index (χ2n) is 8.52. The van der Waals surface area contributed by atoms with Crippen LogP contribution in [0.1, 0.15) is 38.6 Å². The van der Waals surface area contributed by atoms with Crippen molar-refractivity contribution in [3.8, 4) is 0 Å². The van der Waals surface area contributed by atoms with Crippen LogP contribution in [0.4, 0.5) is 10.5 Å². The maximum atomic E-state index is 12.4. The number of carbonyl (C=O) groups excluding carboxylic acids is 1. The summed E-state index contributed by atoms with van der Waals surface area (Å²) in [5.41, 5.74) is 3.63. The second-order valence-corrected chi connectivity index (χ2v) is 8.52. The van der Waals surface area contributed by atoms with E-state index in [1.807, 2.05) is 37.4 Å². The fraction of sp³-hybridized carbons (Fsp3) is 0.571. The van der Waals surface area contributed by atoms with E-state index in [9.17, 15) is 9.90 Å². The van der Waals surface area contributed by atoms with Gasteiger partial charge in [-0.3, -0.25) is 0 Å². The van der Waals surface area contributed by atoms with Crippen molar-refractivity contribution in [3.05, 3.63) is 29.7 Å². The lowest BCUT2D eigenvalue weighted by Gasteiger charge is -2.30. The van der Waals surface area contributed by atoms with Gasteiger partial charge in [0, 0.05) is 26.2 Å². The first-order valence-corrected chi connectivity index (χ1v) is 10.3. The van der Waals surface area contributed by atoms with Crippen LogP contribution in [0.2, 0.25) is 0 Å². The summed E-state index contributed by atoms with van der Waals surface area (Å²) in [4.78, 5) is 21.0. The number of aliphatic hydroxyl groups is 1. The van der Waals surface area contributed by atoms with Crippen molar-refractivity contribution < 1.29 is 19.4 Å². The van der Waals surface area contributed by atoms with Crippen LogP contribution in [0.25, 0.3) is 11.2 Å². The number of aromatic nitrogens is 3. The molecule has 0 atom stereocenters. The summed E-state index contributed by atoms with van der Waals surface area (Å²) >= 11 is 0. The van der Waals surface area contributed by atoms with E-state index in [2.05, 4.69) is 10.00 Å². The van der Waals surface area contributed by atoms with Crippen molar-refractivity contribution in [1.82, 2.24) is 19.5 Å². The van der Waals surface area contributed by atoms with E-state index in [1.165, 1.54) is 0 Å². The van der Waals surface area contributed by atoms with E-state index < -0.39 is 5.60 Å². The molecule has 162 valence electrons. The van der Waals surface area contributed by atoms with Gasteiger partial charge in [-0.05, 0) is 38.8 Å². The number of carbonyl (C=O) groups is 1. The number of imidazole rings is 1. The van der Waals surface area contributed by atoms with Crippen LogP contribution >= 0.6 is 0 Å². The monoisotopic (exact) mass is 415 g/mol. The zero-order chi connectivity index (χ0) is 21.3. The first-order chi connectivity index (χ1) is 14.4. The van der Waals surface area contributed by atoms with Crippen LogP contribution in [-0.2, 0) is 16.1 Å². The zero-order valence-electron chi connectivity index (χ0n) is 17.8. The fourth-order valence-corrected chi connectivity index (χ4v) is 3.84. The van der Waals surface area contributed by atoms with Crippen molar-refractivity contribution in [3.63, 3.8) is 0 Å². The smallest absolute Gasteiger partial charge is 0.410 e. The van der Waals surface area contributed by atoms with Crippen LogP contribution in [-0.4, -0.2) is 75.7 Å². The first kappa shape index (κ1) is 20.6. The molecule has 9 nitrogen and oxygen atoms in total. The van der Waals surface area contributed by atoms with Crippen LogP contribution in [0, 0.1) is 0 Å². The van der Waals surface area contributed by atoms with Crippen LogP contribution in [0.15, 0.2) is 18.3 Å². The number of hydrogen-bond acceptors (Lipinski definition) is 7. The molecule has 4 heterocycles. The highest BCUT2D eigenvalue weighted by Crippen LogP contribution is 2.30. The van der Waals surface area contributed by atoms with E-state index in [1.54, 1.807) is 11.1 Å². The Morgan fingerprint density at radius 2 is 2.03 bits per heavy atom. The molecule has 0 unspecified atom stereocenters. The molecule has 0 spiro atoms. The van der Waals surface area contributed by atoms with E-state index in [-0.39, 0.29) is 12.7 Å². The number of anilines is 1. The molecule has 2 aliphatic rings. The maximum Gasteiger partial charge on any atom is 0.410 e. The molecular weight excluding hydrogens is 386 g/mol. The molecule has 0 radical (unpaired) electrons. The van der Waals surface area contributed by atoms with Gasteiger partial charge in [-0.15, -0.1) is 0 Å². The number of hydrogen-bond donors (Lipinski definition) is 1. The molecule has 2 aromatic rings. The van der Waals surface area contributed by atoms with Crippen LogP contribution in [0.3, 0.4) is 0 Å². The Hall–Kier alpha value is -2.65. The highest BCUT2D eigenvalue weighted by atomic mass is 16.6. The SMILES string of the molecule is CC(C)(C)OC(=O)N1CC=C(c2c(CO)nc3c(N4CCOCC4)ccnn23)CC1. The highest BCUT2D eigenvalue weighted by molar-refractivity contribution is 5.76. The van der Waals surface area contributed by atoms with Gasteiger partial charge < -0.3 is 24.4 Å². The summed E-state index contributed by atoms with van der Waals surface area (Å²) in [7, 11) is 0. The molecule has 9 heteroatoms. The van der Waals surface area contributed by atoms with Crippen molar-refractivity contribution in [2.45, 2.75) is 39.4 Å². The average Bonchev–Trinajstić information content (AvgIpc) is 3.12. The topological polar surface area (TPSA) is 92.4 Å². The van der Waals surface area contributed by atoms with Gasteiger partial charge in [-0.25, -0.2) is 14.3 Å². The highest BCUT2D eigenvalue weighted by Gasteiger charge is 2.27. The normalized spacial score (nSPS) is 17.9. The molecule has 1 amide bonds. The van der Waals surface area contributed by atoms with Gasteiger partial charge in [0.25, 0.3) is 0 Å². The Kier molecular flexibility index (Phi) is 5.66. The largest absolute Gasteiger partial charge is 0.444 e. The Labute approximate surface area is 175 Å². The van der Waals surface area contributed by atoms with Gasteiger partial charge in [0.1, 0.15) is 5.60 Å². The predicted octanol–water partition coefficient (Wildman–Crippen LogP) is 2.08. The van der Waals surface area contributed by atoms with Crippen molar-refractivity contribution in [1.29, 1.82) is 0 Å². The molecule has 1 saturated heterocycles. The lowest BCUT2D eigenvalue weighted by Crippen LogP contribution is -2.39. The van der Waals surface area contributed by atoms with E-state index in [4.69, 9.17) is 14.5 Å². The van der Waals surface area contributed by atoms with Crippen molar-refractivity contribution in [2.24, 2.45) is 0 Å². The average molecular weight is 415 g/mol. The standard InChI is InChI=1S/C21H29N5O4/c1-21(2,3)30-20(28)25-8-5-15(6-9-25)18-16(14-27)23-19-17(4-7-22-26(18)19)24-10-12-29-13-11-24/h4-5,7,27H,6,8-14H2,1-3H3. The molecule has 0 aliphatic carbocycles. The molecule has 2 aliphatic heterocycles. The summed E-state index contributed by atoms with van der Waals surface area (Å²) in [5, 5.41) is 14.5. The number of morpholine rings is 1. The number of fused-ring (bicyclic) bond motifs is 1. The van der Waals surface area contributed by atoms with Gasteiger partial charge in [0.05, 0.1) is 43.1 Å². The van der Waals surface area contributed by atoms with Crippen molar-refractivity contribution in [2.75, 3.05) is 44.3 Å². The van der Waals surface area contributed by atoms with Gasteiger partial charge in [0.15, 0.2) is 5.65 Å². The van der Waals surface area contributed by atoms with Crippen LogP contribution < -0.4 is 4.90 Å². The number of amides is 1. The van der Waals surface area contributed by atoms with E-state index in [0.717, 1.165) is 35.7 Å². The second kappa shape index (κ2) is 8.23. The van der Waals surface area contributed by atoms with Gasteiger partial charge in [0.2, 0.25) is 0 Å². The molecule has 0 aromatic carbocycles. The quantitative estimate of drug-likeness (QED) is 0.820. The number of nitrogens with zero attached hydrogens (tertiary/aromatic N) is 5. The number of ether oxygens (including phenoxy) is 2. The lowest BCUT2D eigenvalue weighted by molar-refractivity contribution is 0.0270. The Balaban J connectivity index is 1.63. The van der Waals surface area contributed by atoms with Crippen molar-refractivity contribution >= 4 is 23.0 Å². The minimum atomic E-state index is -0.521. The molecule has 4 rings (SSSR count). The number of aliphatic hydroxyl groups excluding tert-OH is 1. The third-order valence-corrected chi connectivity index (χ3v) is 5.24. The molecule has 2 aromatic heterocycles. The predicted molar refractivity (Wildman–Crippen MR) is 112 cm³/mol. The molecule has 0 bridgehead atoms. The minimum Gasteiger partial charge on any atom is -0.444 e. The fourth-order valence-electron chi connectivity index (χ4n) is 3.84.